The maximum Gasteiger partial charge on any atom is 0.407 e. The van der Waals surface area contributed by atoms with Gasteiger partial charge in [-0.3, -0.25) is 0 Å². The van der Waals surface area contributed by atoms with Crippen molar-refractivity contribution in [1.29, 1.82) is 0 Å². The number of nitrogens with one attached hydrogen (secondary N) is 1. The largest absolute Gasteiger partial charge is 0.451 e. The summed E-state index contributed by atoms with van der Waals surface area (Å²) in [5.41, 5.74) is 5.97. The van der Waals surface area contributed by atoms with E-state index >= 15 is 0 Å². The molecule has 1 atom stereocenters. The van der Waals surface area contributed by atoms with Gasteiger partial charge in [-0.1, -0.05) is 109 Å². The van der Waals surface area contributed by atoms with Gasteiger partial charge in [-0.15, -0.1) is 0 Å². The Labute approximate surface area is 215 Å². The molecular formula is C31H27NO5. The summed E-state index contributed by atoms with van der Waals surface area (Å²) >= 11 is 0. The van der Waals surface area contributed by atoms with Crippen LogP contribution in [0.15, 0.2) is 109 Å². The highest BCUT2D eigenvalue weighted by Gasteiger charge is 2.31. The molecule has 37 heavy (non-hydrogen) atoms. The van der Waals surface area contributed by atoms with Gasteiger partial charge in [-0.05, 0) is 33.4 Å². The summed E-state index contributed by atoms with van der Waals surface area (Å²) in [6, 6.07) is 33.4. The molecule has 5 rings (SSSR count). The fraction of sp³-hybridized carbons (Fsp3) is 0.161. The van der Waals surface area contributed by atoms with Crippen LogP contribution in [-0.4, -0.2) is 36.4 Å². The van der Waals surface area contributed by atoms with Gasteiger partial charge in [0.25, 0.3) is 0 Å². The van der Waals surface area contributed by atoms with Crippen LogP contribution in [0.2, 0.25) is 0 Å². The van der Waals surface area contributed by atoms with Crippen LogP contribution in [0.25, 0.3) is 11.1 Å². The van der Waals surface area contributed by atoms with Crippen LogP contribution in [0.5, 0.6) is 0 Å². The monoisotopic (exact) mass is 493 g/mol. The number of aliphatic hydroxyl groups excluding tert-OH is 1. The van der Waals surface area contributed by atoms with Gasteiger partial charge < -0.3 is 19.9 Å². The lowest BCUT2D eigenvalue weighted by Crippen LogP contribution is -2.45. The lowest BCUT2D eigenvalue weighted by molar-refractivity contribution is -0.151. The number of esters is 1. The zero-order chi connectivity index (χ0) is 25.6. The molecule has 0 unspecified atom stereocenters. The molecule has 1 amide bonds. The molecule has 0 aliphatic heterocycles. The second-order valence-corrected chi connectivity index (χ2v) is 8.84. The van der Waals surface area contributed by atoms with E-state index in [9.17, 15) is 14.7 Å². The summed E-state index contributed by atoms with van der Waals surface area (Å²) in [6.45, 7) is -0.525. The molecule has 0 saturated carbocycles. The first-order valence-corrected chi connectivity index (χ1v) is 12.2. The van der Waals surface area contributed by atoms with E-state index in [2.05, 4.69) is 17.4 Å². The minimum absolute atomic E-state index is 0.101. The number of hydrogen-bond acceptors (Lipinski definition) is 5. The Balaban J connectivity index is 1.25. The molecule has 0 radical (unpaired) electrons. The molecule has 0 saturated heterocycles. The predicted octanol–water partition coefficient (Wildman–Crippen LogP) is 5.22. The molecular weight excluding hydrogens is 466 g/mol. The van der Waals surface area contributed by atoms with Gasteiger partial charge >= 0.3 is 12.1 Å². The Morgan fingerprint density at radius 3 is 1.73 bits per heavy atom. The normalized spacial score (nSPS) is 12.9. The van der Waals surface area contributed by atoms with Crippen molar-refractivity contribution in [2.45, 2.75) is 18.1 Å². The molecule has 6 nitrogen and oxygen atoms in total. The van der Waals surface area contributed by atoms with E-state index in [1.165, 1.54) is 0 Å². The van der Waals surface area contributed by atoms with Gasteiger partial charge in [-0.25, -0.2) is 9.59 Å². The fourth-order valence-electron chi connectivity index (χ4n) is 4.74. The zero-order valence-corrected chi connectivity index (χ0v) is 20.1. The van der Waals surface area contributed by atoms with Crippen molar-refractivity contribution >= 4 is 12.1 Å². The van der Waals surface area contributed by atoms with Crippen LogP contribution in [-0.2, 0) is 14.3 Å². The summed E-state index contributed by atoms with van der Waals surface area (Å²) in [6.07, 6.45) is -1.48. The standard InChI is InChI=1S/C31H27NO5/c33-19-28(30(34)37-29(21-11-3-1-4-12-21)22-13-5-2-6-14-22)32-31(35)36-20-27-25-17-9-7-15-23(25)24-16-8-10-18-26(24)27/h1-18,27-29,33H,19-20H2,(H,32,35)/t28-/m0/s1. The van der Waals surface area contributed by atoms with E-state index in [0.717, 1.165) is 33.4 Å². The third-order valence-corrected chi connectivity index (χ3v) is 6.54. The summed E-state index contributed by atoms with van der Waals surface area (Å²) < 4.78 is 11.3. The lowest BCUT2D eigenvalue weighted by atomic mass is 9.98. The number of fused-ring (bicyclic) bond motifs is 3. The van der Waals surface area contributed by atoms with E-state index in [1.54, 1.807) is 0 Å². The quantitative estimate of drug-likeness (QED) is 0.329. The topological polar surface area (TPSA) is 84.9 Å². The molecule has 0 spiro atoms. The number of benzene rings is 4. The zero-order valence-electron chi connectivity index (χ0n) is 20.1. The Kier molecular flexibility index (Phi) is 7.28. The Morgan fingerprint density at radius 1 is 0.730 bits per heavy atom. The molecule has 1 aliphatic carbocycles. The molecule has 4 aromatic rings. The highest BCUT2D eigenvalue weighted by atomic mass is 16.6. The van der Waals surface area contributed by atoms with Crippen LogP contribution in [0, 0.1) is 0 Å². The smallest absolute Gasteiger partial charge is 0.407 e. The van der Waals surface area contributed by atoms with E-state index in [0.29, 0.717) is 0 Å². The Hall–Kier alpha value is -4.42. The number of aliphatic hydroxyl groups is 1. The van der Waals surface area contributed by atoms with Crippen LogP contribution in [0.3, 0.4) is 0 Å². The first-order chi connectivity index (χ1) is 18.2. The molecule has 0 aromatic heterocycles. The van der Waals surface area contributed by atoms with Crippen molar-refractivity contribution in [1.82, 2.24) is 5.32 Å². The van der Waals surface area contributed by atoms with Crippen molar-refractivity contribution in [2.75, 3.05) is 13.2 Å². The number of carbonyl (C=O) groups is 2. The van der Waals surface area contributed by atoms with Crippen molar-refractivity contribution in [2.24, 2.45) is 0 Å². The van der Waals surface area contributed by atoms with Gasteiger partial charge in [0.2, 0.25) is 0 Å². The number of amides is 1. The van der Waals surface area contributed by atoms with E-state index in [1.807, 2.05) is 97.1 Å². The number of ether oxygens (including phenoxy) is 2. The van der Waals surface area contributed by atoms with Crippen molar-refractivity contribution in [3.05, 3.63) is 131 Å². The molecule has 6 heteroatoms. The van der Waals surface area contributed by atoms with Gasteiger partial charge in [0, 0.05) is 5.92 Å². The molecule has 0 bridgehead atoms. The van der Waals surface area contributed by atoms with Crippen LogP contribution >= 0.6 is 0 Å². The van der Waals surface area contributed by atoms with Crippen LogP contribution in [0.1, 0.15) is 34.3 Å². The average Bonchev–Trinajstić information content (AvgIpc) is 3.28. The summed E-state index contributed by atoms with van der Waals surface area (Å²) in [7, 11) is 0. The fourth-order valence-corrected chi connectivity index (χ4v) is 4.74. The average molecular weight is 494 g/mol. The SMILES string of the molecule is O=C(N[C@@H](CO)C(=O)OC(c1ccccc1)c1ccccc1)OCC1c2ccccc2-c2ccccc21. The number of carbonyl (C=O) groups excluding carboxylic acids is 2. The minimum Gasteiger partial charge on any atom is -0.451 e. The summed E-state index contributed by atoms with van der Waals surface area (Å²) in [5, 5.41) is 12.3. The van der Waals surface area contributed by atoms with Crippen molar-refractivity contribution < 1.29 is 24.2 Å². The van der Waals surface area contributed by atoms with Crippen molar-refractivity contribution in [3.8, 4) is 11.1 Å². The number of alkyl carbamates (subject to hydrolysis) is 1. The molecule has 0 heterocycles. The molecule has 186 valence electrons. The van der Waals surface area contributed by atoms with E-state index < -0.39 is 30.8 Å². The highest BCUT2D eigenvalue weighted by molar-refractivity contribution is 5.82. The second-order valence-electron chi connectivity index (χ2n) is 8.84. The molecule has 1 aliphatic rings. The minimum atomic E-state index is -1.27. The maximum atomic E-state index is 13.0. The van der Waals surface area contributed by atoms with Crippen molar-refractivity contribution in [3.63, 3.8) is 0 Å². The number of rotatable bonds is 8. The third kappa shape index (κ3) is 5.25. The first kappa shape index (κ1) is 24.3. The lowest BCUT2D eigenvalue weighted by Gasteiger charge is -2.22. The van der Waals surface area contributed by atoms with Crippen LogP contribution in [0.4, 0.5) is 4.79 Å². The predicted molar refractivity (Wildman–Crippen MR) is 140 cm³/mol. The van der Waals surface area contributed by atoms with E-state index in [4.69, 9.17) is 9.47 Å². The maximum absolute atomic E-state index is 13.0. The Morgan fingerprint density at radius 2 is 1.22 bits per heavy atom. The Bertz CT molecular complexity index is 1290. The van der Waals surface area contributed by atoms with Gasteiger partial charge in [0.05, 0.1) is 6.61 Å². The molecule has 0 fully saturated rings. The van der Waals surface area contributed by atoms with Gasteiger partial charge in [0.1, 0.15) is 6.61 Å². The summed E-state index contributed by atoms with van der Waals surface area (Å²) in [5.74, 6) is -0.869. The van der Waals surface area contributed by atoms with E-state index in [-0.39, 0.29) is 12.5 Å². The third-order valence-electron chi connectivity index (χ3n) is 6.54. The highest BCUT2D eigenvalue weighted by Crippen LogP contribution is 2.44. The van der Waals surface area contributed by atoms with Crippen LogP contribution < -0.4 is 5.32 Å². The molecule has 2 N–H and O–H groups in total. The van der Waals surface area contributed by atoms with Gasteiger partial charge in [-0.2, -0.15) is 0 Å². The summed E-state index contributed by atoms with van der Waals surface area (Å²) in [4.78, 5) is 25.7. The number of hydrogen-bond donors (Lipinski definition) is 2. The molecule has 4 aromatic carbocycles. The first-order valence-electron chi connectivity index (χ1n) is 12.2. The van der Waals surface area contributed by atoms with Gasteiger partial charge in [0.15, 0.2) is 12.1 Å². The second kappa shape index (κ2) is 11.1.